The lowest BCUT2D eigenvalue weighted by Crippen LogP contribution is -2.39. The third-order valence-electron chi connectivity index (χ3n) is 3.32. The first-order valence-electron chi connectivity index (χ1n) is 6.33. The molecule has 1 heterocycles. The second kappa shape index (κ2) is 5.80. The van der Waals surface area contributed by atoms with E-state index in [0.29, 0.717) is 24.8 Å². The van der Waals surface area contributed by atoms with Gasteiger partial charge in [0.15, 0.2) is 0 Å². The van der Waals surface area contributed by atoms with E-state index in [2.05, 4.69) is 4.72 Å². The summed E-state index contributed by atoms with van der Waals surface area (Å²) in [6.07, 6.45) is 2.08. The van der Waals surface area contributed by atoms with Crippen molar-refractivity contribution in [2.75, 3.05) is 0 Å². The molecule has 1 aliphatic carbocycles. The van der Waals surface area contributed by atoms with E-state index in [-0.39, 0.29) is 15.1 Å². The molecule has 0 aliphatic heterocycles. The van der Waals surface area contributed by atoms with Gasteiger partial charge in [0.2, 0.25) is 10.0 Å². The maximum Gasteiger partial charge on any atom is 0.346 e. The largest absolute Gasteiger partial charge is 0.477 e. The minimum absolute atomic E-state index is 0.00691. The summed E-state index contributed by atoms with van der Waals surface area (Å²) in [6, 6.07) is 1.08. The third-order valence-corrected chi connectivity index (χ3v) is 6.54. The molecule has 1 saturated carbocycles. The van der Waals surface area contributed by atoms with E-state index in [0.717, 1.165) is 17.8 Å². The number of aryl methyl sites for hydroxylation is 1. The first-order valence-corrected chi connectivity index (χ1v) is 8.63. The van der Waals surface area contributed by atoms with Gasteiger partial charge >= 0.3 is 5.97 Å². The Balaban J connectivity index is 2.18. The molecule has 2 rings (SSSR count). The Labute approximate surface area is 121 Å². The van der Waals surface area contributed by atoms with Crippen LogP contribution in [0.25, 0.3) is 0 Å². The van der Waals surface area contributed by atoms with Crippen molar-refractivity contribution in [3.05, 3.63) is 16.5 Å². The fourth-order valence-electron chi connectivity index (χ4n) is 2.35. The molecule has 8 heteroatoms. The van der Waals surface area contributed by atoms with Gasteiger partial charge in [0.05, 0.1) is 6.10 Å². The number of aliphatic hydroxyl groups excluding tert-OH is 1. The lowest BCUT2D eigenvalue weighted by atomic mass is 9.94. The monoisotopic (exact) mass is 319 g/mol. The first-order chi connectivity index (χ1) is 9.29. The molecule has 1 aromatic rings. The van der Waals surface area contributed by atoms with Gasteiger partial charge in [-0.05, 0) is 44.2 Å². The molecule has 0 bridgehead atoms. The number of aliphatic hydroxyl groups is 1. The van der Waals surface area contributed by atoms with Gasteiger partial charge in [-0.15, -0.1) is 11.3 Å². The molecule has 1 aliphatic rings. The number of rotatable bonds is 4. The quantitative estimate of drug-likeness (QED) is 0.777. The van der Waals surface area contributed by atoms with Crippen molar-refractivity contribution in [1.29, 1.82) is 0 Å². The van der Waals surface area contributed by atoms with Crippen molar-refractivity contribution < 1.29 is 23.4 Å². The maximum atomic E-state index is 12.2. The molecule has 0 spiro atoms. The number of carboxylic acid groups (broad SMARTS) is 1. The molecule has 1 fully saturated rings. The minimum Gasteiger partial charge on any atom is -0.477 e. The van der Waals surface area contributed by atoms with Gasteiger partial charge in [-0.2, -0.15) is 0 Å². The minimum atomic E-state index is -3.72. The maximum absolute atomic E-state index is 12.2. The summed E-state index contributed by atoms with van der Waals surface area (Å²) >= 11 is 0.751. The number of nitrogens with one attached hydrogen (secondary N) is 1. The van der Waals surface area contributed by atoms with Crippen molar-refractivity contribution >= 4 is 27.3 Å². The summed E-state index contributed by atoms with van der Waals surface area (Å²) in [6.45, 7) is 1.57. The third kappa shape index (κ3) is 3.38. The highest BCUT2D eigenvalue weighted by molar-refractivity contribution is 7.91. The highest BCUT2D eigenvalue weighted by Crippen LogP contribution is 2.27. The predicted octanol–water partition coefficient (Wildman–Crippen LogP) is 1.34. The Bertz CT molecular complexity index is 607. The van der Waals surface area contributed by atoms with Gasteiger partial charge in [-0.1, -0.05) is 0 Å². The molecular formula is C12H17NO5S2. The Morgan fingerprint density at radius 2 is 2.15 bits per heavy atom. The standard InChI is InChI=1S/C12H17NO5S2/c1-7-5-10(19-11(7)12(15)16)20(17,18)13-8-3-2-4-9(14)6-8/h5,8-9,13-14H,2-4,6H2,1H3,(H,15,16). The van der Waals surface area contributed by atoms with Crippen LogP contribution in [0.2, 0.25) is 0 Å². The number of carbonyl (C=O) groups is 1. The average molecular weight is 319 g/mol. The molecule has 2 unspecified atom stereocenters. The predicted molar refractivity (Wildman–Crippen MR) is 74.6 cm³/mol. The van der Waals surface area contributed by atoms with E-state index >= 15 is 0 Å². The molecule has 0 saturated heterocycles. The molecule has 0 aromatic carbocycles. The van der Waals surface area contributed by atoms with Crippen LogP contribution in [0.15, 0.2) is 10.3 Å². The Kier molecular flexibility index (Phi) is 4.48. The fourth-order valence-corrected chi connectivity index (χ4v) is 5.02. The summed E-state index contributed by atoms with van der Waals surface area (Å²) in [5.41, 5.74) is 0.437. The summed E-state index contributed by atoms with van der Waals surface area (Å²) in [7, 11) is -3.72. The molecule has 20 heavy (non-hydrogen) atoms. The highest BCUT2D eigenvalue weighted by Gasteiger charge is 2.27. The van der Waals surface area contributed by atoms with Crippen LogP contribution >= 0.6 is 11.3 Å². The van der Waals surface area contributed by atoms with Crippen LogP contribution in [0.4, 0.5) is 0 Å². The Hall–Kier alpha value is -0.960. The van der Waals surface area contributed by atoms with Crippen molar-refractivity contribution in [3.8, 4) is 0 Å². The van der Waals surface area contributed by atoms with Crippen molar-refractivity contribution in [1.82, 2.24) is 4.72 Å². The highest BCUT2D eigenvalue weighted by atomic mass is 32.2. The van der Waals surface area contributed by atoms with Gasteiger partial charge < -0.3 is 10.2 Å². The molecular weight excluding hydrogens is 302 g/mol. The Morgan fingerprint density at radius 1 is 1.45 bits per heavy atom. The zero-order valence-corrected chi connectivity index (χ0v) is 12.6. The normalized spacial score (nSPS) is 23.7. The fraction of sp³-hybridized carbons (Fsp3) is 0.583. The van der Waals surface area contributed by atoms with Gasteiger partial charge in [0.25, 0.3) is 0 Å². The zero-order valence-electron chi connectivity index (χ0n) is 11.0. The molecule has 112 valence electrons. The topological polar surface area (TPSA) is 104 Å². The second-order valence-electron chi connectivity index (χ2n) is 5.02. The summed E-state index contributed by atoms with van der Waals surface area (Å²) in [4.78, 5) is 11.0. The molecule has 0 amide bonds. The molecule has 6 nitrogen and oxygen atoms in total. The summed E-state index contributed by atoms with van der Waals surface area (Å²) in [5.74, 6) is -1.12. The number of sulfonamides is 1. The van der Waals surface area contributed by atoms with Crippen molar-refractivity contribution in [3.63, 3.8) is 0 Å². The van der Waals surface area contributed by atoms with Crippen LogP contribution in [-0.2, 0) is 10.0 Å². The van der Waals surface area contributed by atoms with Crippen LogP contribution in [0.3, 0.4) is 0 Å². The van der Waals surface area contributed by atoms with Crippen molar-refractivity contribution in [2.45, 2.75) is 49.0 Å². The van der Waals surface area contributed by atoms with E-state index in [9.17, 15) is 18.3 Å². The number of aromatic carboxylic acids is 1. The van der Waals surface area contributed by atoms with Crippen LogP contribution < -0.4 is 4.72 Å². The SMILES string of the molecule is Cc1cc(S(=O)(=O)NC2CCCC(O)C2)sc1C(=O)O. The summed E-state index contributed by atoms with van der Waals surface area (Å²) < 4.78 is 27.0. The van der Waals surface area contributed by atoms with Gasteiger partial charge in [-0.3, -0.25) is 0 Å². The number of hydrogen-bond acceptors (Lipinski definition) is 5. The molecule has 2 atom stereocenters. The van der Waals surface area contributed by atoms with E-state index in [4.69, 9.17) is 5.11 Å². The lowest BCUT2D eigenvalue weighted by molar-refractivity contribution is 0.0701. The number of carboxylic acids is 1. The molecule has 3 N–H and O–H groups in total. The van der Waals surface area contributed by atoms with Crippen LogP contribution in [0.1, 0.15) is 40.9 Å². The summed E-state index contributed by atoms with van der Waals surface area (Å²) in [5, 5.41) is 18.5. The Morgan fingerprint density at radius 3 is 2.70 bits per heavy atom. The number of thiophene rings is 1. The van der Waals surface area contributed by atoms with Gasteiger partial charge in [0.1, 0.15) is 9.09 Å². The van der Waals surface area contributed by atoms with E-state index in [1.54, 1.807) is 6.92 Å². The average Bonchev–Trinajstić information content (AvgIpc) is 2.71. The second-order valence-corrected chi connectivity index (χ2v) is 8.01. The van der Waals surface area contributed by atoms with Crippen molar-refractivity contribution in [2.24, 2.45) is 0 Å². The van der Waals surface area contributed by atoms with E-state index in [1.165, 1.54) is 6.07 Å². The zero-order chi connectivity index (χ0) is 14.9. The van der Waals surface area contributed by atoms with Gasteiger partial charge in [0, 0.05) is 6.04 Å². The number of hydrogen-bond donors (Lipinski definition) is 3. The van der Waals surface area contributed by atoms with E-state index < -0.39 is 22.1 Å². The molecule has 0 radical (unpaired) electrons. The first kappa shape index (κ1) is 15.4. The van der Waals surface area contributed by atoms with Crippen LogP contribution in [0, 0.1) is 6.92 Å². The van der Waals surface area contributed by atoms with Crippen LogP contribution in [-0.4, -0.2) is 36.7 Å². The van der Waals surface area contributed by atoms with E-state index in [1.807, 2.05) is 0 Å². The lowest BCUT2D eigenvalue weighted by Gasteiger charge is -2.26. The smallest absolute Gasteiger partial charge is 0.346 e. The van der Waals surface area contributed by atoms with Gasteiger partial charge in [-0.25, -0.2) is 17.9 Å². The van der Waals surface area contributed by atoms with Crippen LogP contribution in [0.5, 0.6) is 0 Å². The molecule has 1 aromatic heterocycles.